The van der Waals surface area contributed by atoms with Gasteiger partial charge in [0.2, 0.25) is 0 Å². The van der Waals surface area contributed by atoms with Crippen LogP contribution in [0.3, 0.4) is 0 Å². The molecule has 0 saturated carbocycles. The lowest BCUT2D eigenvalue weighted by atomic mass is 10.0. The summed E-state index contributed by atoms with van der Waals surface area (Å²) in [5, 5.41) is 11.7. The first-order valence-electron chi connectivity index (χ1n) is 6.47. The third-order valence-electron chi connectivity index (χ3n) is 3.16. The standard InChI is InChI=1S/C16H16N2O3/c1-9-6-10(2)14(11(3)7-9)18-15(19)12-4-5-17-13(8-12)16(20)21/h4-8H,1-3H3,(H,18,19)(H,20,21). The highest BCUT2D eigenvalue weighted by atomic mass is 16.4. The Balaban J connectivity index is 2.30. The Labute approximate surface area is 122 Å². The van der Waals surface area contributed by atoms with Gasteiger partial charge in [-0.15, -0.1) is 0 Å². The van der Waals surface area contributed by atoms with Crippen molar-refractivity contribution in [3.05, 3.63) is 58.4 Å². The van der Waals surface area contributed by atoms with Crippen molar-refractivity contribution in [2.45, 2.75) is 20.8 Å². The fraction of sp³-hybridized carbons (Fsp3) is 0.188. The molecule has 1 heterocycles. The van der Waals surface area contributed by atoms with Crippen molar-refractivity contribution < 1.29 is 14.7 Å². The lowest BCUT2D eigenvalue weighted by Gasteiger charge is -2.13. The van der Waals surface area contributed by atoms with Gasteiger partial charge >= 0.3 is 5.97 Å². The fourth-order valence-corrected chi connectivity index (χ4v) is 2.25. The normalized spacial score (nSPS) is 10.2. The number of carbonyl (C=O) groups excluding carboxylic acids is 1. The summed E-state index contributed by atoms with van der Waals surface area (Å²) >= 11 is 0. The van der Waals surface area contributed by atoms with Gasteiger partial charge in [0.1, 0.15) is 5.69 Å². The number of aryl methyl sites for hydroxylation is 3. The first-order chi connectivity index (χ1) is 9.88. The van der Waals surface area contributed by atoms with Crippen LogP contribution in [0.25, 0.3) is 0 Å². The summed E-state index contributed by atoms with van der Waals surface area (Å²) in [6.07, 6.45) is 1.31. The Hall–Kier alpha value is -2.69. The number of carbonyl (C=O) groups is 2. The van der Waals surface area contributed by atoms with Crippen LogP contribution in [0, 0.1) is 20.8 Å². The minimum atomic E-state index is -1.16. The van der Waals surface area contributed by atoms with Crippen LogP contribution in [0.1, 0.15) is 37.5 Å². The molecule has 0 aliphatic heterocycles. The summed E-state index contributed by atoms with van der Waals surface area (Å²) in [4.78, 5) is 26.8. The van der Waals surface area contributed by atoms with E-state index in [0.29, 0.717) is 0 Å². The van der Waals surface area contributed by atoms with Crippen LogP contribution in [0.15, 0.2) is 30.5 Å². The van der Waals surface area contributed by atoms with E-state index in [0.717, 1.165) is 22.4 Å². The minimum Gasteiger partial charge on any atom is -0.477 e. The summed E-state index contributed by atoms with van der Waals surface area (Å²) in [6.45, 7) is 5.84. The van der Waals surface area contributed by atoms with Crippen LogP contribution < -0.4 is 5.32 Å². The van der Waals surface area contributed by atoms with Crippen LogP contribution >= 0.6 is 0 Å². The van der Waals surface area contributed by atoms with Crippen molar-refractivity contribution in [2.75, 3.05) is 5.32 Å². The molecule has 0 atom stereocenters. The quantitative estimate of drug-likeness (QED) is 0.908. The average molecular weight is 284 g/mol. The largest absolute Gasteiger partial charge is 0.477 e. The van der Waals surface area contributed by atoms with Crippen molar-refractivity contribution in [1.29, 1.82) is 0 Å². The second-order valence-corrected chi connectivity index (χ2v) is 4.96. The molecule has 1 aromatic carbocycles. The highest BCUT2D eigenvalue weighted by Crippen LogP contribution is 2.22. The van der Waals surface area contributed by atoms with Crippen molar-refractivity contribution in [3.8, 4) is 0 Å². The molecule has 1 amide bonds. The van der Waals surface area contributed by atoms with Gasteiger partial charge in [-0.05, 0) is 44.0 Å². The molecule has 1 aromatic heterocycles. The SMILES string of the molecule is Cc1cc(C)c(NC(=O)c2ccnc(C(=O)O)c2)c(C)c1. The molecule has 2 aromatic rings. The molecule has 0 radical (unpaired) electrons. The monoisotopic (exact) mass is 284 g/mol. The maximum absolute atomic E-state index is 12.2. The van der Waals surface area contributed by atoms with E-state index in [-0.39, 0.29) is 17.2 Å². The lowest BCUT2D eigenvalue weighted by Crippen LogP contribution is -2.15. The molecule has 0 aliphatic rings. The van der Waals surface area contributed by atoms with Crippen molar-refractivity contribution in [2.24, 2.45) is 0 Å². The maximum Gasteiger partial charge on any atom is 0.354 e. The predicted molar refractivity (Wildman–Crippen MR) is 79.8 cm³/mol. The first kappa shape index (κ1) is 14.7. The van der Waals surface area contributed by atoms with E-state index in [2.05, 4.69) is 10.3 Å². The summed E-state index contributed by atoms with van der Waals surface area (Å²) < 4.78 is 0. The molecule has 2 rings (SSSR count). The molecular formula is C16H16N2O3. The molecule has 5 nitrogen and oxygen atoms in total. The molecule has 0 fully saturated rings. The van der Waals surface area contributed by atoms with E-state index < -0.39 is 5.97 Å². The molecule has 0 bridgehead atoms. The zero-order valence-electron chi connectivity index (χ0n) is 12.1. The van der Waals surface area contributed by atoms with Gasteiger partial charge in [0.05, 0.1) is 0 Å². The van der Waals surface area contributed by atoms with Crippen molar-refractivity contribution in [3.63, 3.8) is 0 Å². The van der Waals surface area contributed by atoms with E-state index in [4.69, 9.17) is 5.11 Å². The number of carboxylic acids is 1. The average Bonchev–Trinajstić information content (AvgIpc) is 2.42. The number of carboxylic acid groups (broad SMARTS) is 1. The van der Waals surface area contributed by atoms with Gasteiger partial charge in [-0.2, -0.15) is 0 Å². The van der Waals surface area contributed by atoms with Gasteiger partial charge in [-0.3, -0.25) is 4.79 Å². The third kappa shape index (κ3) is 3.25. The molecular weight excluding hydrogens is 268 g/mol. The first-order valence-corrected chi connectivity index (χ1v) is 6.47. The van der Waals surface area contributed by atoms with Crippen LogP contribution in [-0.4, -0.2) is 22.0 Å². The van der Waals surface area contributed by atoms with E-state index in [1.807, 2.05) is 32.9 Å². The zero-order chi connectivity index (χ0) is 15.6. The number of hydrogen-bond acceptors (Lipinski definition) is 3. The Kier molecular flexibility index (Phi) is 4.03. The number of nitrogens with zero attached hydrogens (tertiary/aromatic N) is 1. The van der Waals surface area contributed by atoms with Crippen LogP contribution in [0.4, 0.5) is 5.69 Å². The number of nitrogens with one attached hydrogen (secondary N) is 1. The molecule has 2 N–H and O–H groups in total. The van der Waals surface area contributed by atoms with Crippen LogP contribution in [-0.2, 0) is 0 Å². The Bertz CT molecular complexity index is 700. The van der Waals surface area contributed by atoms with Crippen LogP contribution in [0.5, 0.6) is 0 Å². The number of pyridine rings is 1. The Morgan fingerprint density at radius 2 is 1.71 bits per heavy atom. The van der Waals surface area contributed by atoms with Crippen molar-refractivity contribution in [1.82, 2.24) is 4.98 Å². The summed E-state index contributed by atoms with van der Waals surface area (Å²) in [6, 6.07) is 6.72. The van der Waals surface area contributed by atoms with E-state index in [1.54, 1.807) is 0 Å². The Morgan fingerprint density at radius 1 is 1.10 bits per heavy atom. The molecule has 0 spiro atoms. The third-order valence-corrected chi connectivity index (χ3v) is 3.16. The predicted octanol–water partition coefficient (Wildman–Crippen LogP) is 2.96. The molecule has 0 saturated heterocycles. The number of aromatic nitrogens is 1. The lowest BCUT2D eigenvalue weighted by molar-refractivity contribution is 0.0690. The Morgan fingerprint density at radius 3 is 2.29 bits per heavy atom. The van der Waals surface area contributed by atoms with Crippen LogP contribution in [0.2, 0.25) is 0 Å². The summed E-state index contributed by atoms with van der Waals surface area (Å²) in [5.41, 5.74) is 3.92. The van der Waals surface area contributed by atoms with E-state index in [9.17, 15) is 9.59 Å². The topological polar surface area (TPSA) is 79.3 Å². The zero-order valence-corrected chi connectivity index (χ0v) is 12.1. The fourth-order valence-electron chi connectivity index (χ4n) is 2.25. The number of rotatable bonds is 3. The summed E-state index contributed by atoms with van der Waals surface area (Å²) in [5.74, 6) is -1.51. The minimum absolute atomic E-state index is 0.153. The number of anilines is 1. The summed E-state index contributed by atoms with van der Waals surface area (Å²) in [7, 11) is 0. The molecule has 0 aliphatic carbocycles. The number of amides is 1. The number of benzene rings is 1. The second-order valence-electron chi connectivity index (χ2n) is 4.96. The number of hydrogen-bond donors (Lipinski definition) is 2. The maximum atomic E-state index is 12.2. The highest BCUT2D eigenvalue weighted by Gasteiger charge is 2.13. The molecule has 21 heavy (non-hydrogen) atoms. The smallest absolute Gasteiger partial charge is 0.354 e. The highest BCUT2D eigenvalue weighted by molar-refractivity contribution is 6.06. The molecule has 108 valence electrons. The van der Waals surface area contributed by atoms with Gasteiger partial charge in [0, 0.05) is 17.4 Å². The molecule has 5 heteroatoms. The van der Waals surface area contributed by atoms with Gasteiger partial charge in [-0.1, -0.05) is 17.7 Å². The second kappa shape index (κ2) is 5.75. The number of aromatic carboxylic acids is 1. The van der Waals surface area contributed by atoms with E-state index >= 15 is 0 Å². The van der Waals surface area contributed by atoms with Crippen molar-refractivity contribution >= 4 is 17.6 Å². The van der Waals surface area contributed by atoms with Gasteiger partial charge < -0.3 is 10.4 Å². The van der Waals surface area contributed by atoms with E-state index in [1.165, 1.54) is 18.3 Å². The van der Waals surface area contributed by atoms with Gasteiger partial charge in [-0.25, -0.2) is 9.78 Å². The van der Waals surface area contributed by atoms with Gasteiger partial charge in [0.15, 0.2) is 0 Å². The molecule has 0 unspecified atom stereocenters. The van der Waals surface area contributed by atoms with Gasteiger partial charge in [0.25, 0.3) is 5.91 Å².